The lowest BCUT2D eigenvalue weighted by Gasteiger charge is -2.18. The van der Waals surface area contributed by atoms with E-state index in [0.717, 1.165) is 16.5 Å². The number of hydrogen-bond acceptors (Lipinski definition) is 2. The van der Waals surface area contributed by atoms with E-state index in [9.17, 15) is 4.79 Å². The van der Waals surface area contributed by atoms with Crippen molar-refractivity contribution in [2.75, 3.05) is 7.11 Å². The average Bonchev–Trinajstić information content (AvgIpc) is 2.42. The van der Waals surface area contributed by atoms with Crippen LogP contribution in [-0.2, 0) is 0 Å². The highest BCUT2D eigenvalue weighted by atomic mass is 79.9. The minimum atomic E-state index is -0.717. The number of ether oxygens (including phenoxy) is 1. The van der Waals surface area contributed by atoms with Crippen LogP contribution >= 0.6 is 63.7 Å². The van der Waals surface area contributed by atoms with Crippen LogP contribution in [0.15, 0.2) is 16.6 Å². The smallest absolute Gasteiger partial charge is 0.194 e. The third-order valence-electron chi connectivity index (χ3n) is 2.96. The van der Waals surface area contributed by atoms with E-state index < -0.39 is 3.23 Å². The summed E-state index contributed by atoms with van der Waals surface area (Å²) in [6.45, 7) is 0. The molecule has 1 aliphatic rings. The molecule has 0 saturated heterocycles. The minimum absolute atomic E-state index is 0.00222. The molecule has 0 aliphatic heterocycles. The first kappa shape index (κ1) is 15.0. The predicted octanol–water partition coefficient (Wildman–Crippen LogP) is 5.36. The summed E-state index contributed by atoms with van der Waals surface area (Å²) in [5.41, 5.74) is 1.58. The van der Waals surface area contributed by atoms with E-state index in [1.54, 1.807) is 7.11 Å². The van der Waals surface area contributed by atoms with Crippen LogP contribution in [-0.4, -0.2) is 16.1 Å². The van der Waals surface area contributed by atoms with Crippen LogP contribution in [0.4, 0.5) is 0 Å². The Bertz CT molecular complexity index is 499. The number of carbonyl (C=O) groups excluding carboxylic acids is 1. The van der Waals surface area contributed by atoms with Crippen LogP contribution in [0.25, 0.3) is 0 Å². The quantitative estimate of drug-likeness (QED) is 0.380. The van der Waals surface area contributed by atoms with Crippen molar-refractivity contribution >= 4 is 69.5 Å². The Morgan fingerprint density at radius 1 is 1.39 bits per heavy atom. The molecule has 0 unspecified atom stereocenters. The van der Waals surface area contributed by atoms with Crippen molar-refractivity contribution < 1.29 is 9.53 Å². The van der Waals surface area contributed by atoms with Crippen molar-refractivity contribution in [2.45, 2.75) is 20.9 Å². The third-order valence-corrected chi connectivity index (χ3v) is 6.08. The molecular weight excluding hydrogens is 496 g/mol. The predicted molar refractivity (Wildman–Crippen MR) is 86.5 cm³/mol. The summed E-state index contributed by atoms with van der Waals surface area (Å²) < 4.78 is 5.54. The van der Waals surface area contributed by atoms with E-state index in [-0.39, 0.29) is 10.6 Å². The minimum Gasteiger partial charge on any atom is -0.496 e. The second kappa shape index (κ2) is 5.54. The molecule has 1 aromatic rings. The Hall–Kier alpha value is 0.610. The summed E-state index contributed by atoms with van der Waals surface area (Å²) in [5.74, 6) is 0.602. The summed E-state index contributed by atoms with van der Waals surface area (Å²) in [5, 5.41) is 0. The summed E-state index contributed by atoms with van der Waals surface area (Å²) in [7, 11) is 1.58. The van der Waals surface area contributed by atoms with E-state index in [1.807, 2.05) is 12.1 Å². The molecular formula is C12H10Br4O2. The molecule has 98 valence electrons. The number of alkyl halides is 3. The van der Waals surface area contributed by atoms with Gasteiger partial charge in [-0.05, 0) is 30.5 Å². The molecule has 0 saturated carbocycles. The first-order chi connectivity index (χ1) is 8.38. The number of fused-ring (bicyclic) bond motifs is 1. The molecule has 1 aromatic carbocycles. The van der Waals surface area contributed by atoms with Crippen molar-refractivity contribution in [3.63, 3.8) is 0 Å². The molecule has 0 radical (unpaired) electrons. The molecule has 2 nitrogen and oxygen atoms in total. The molecule has 0 fully saturated rings. The first-order valence-electron chi connectivity index (χ1n) is 5.31. The van der Waals surface area contributed by atoms with Crippen LogP contribution < -0.4 is 4.74 Å². The summed E-state index contributed by atoms with van der Waals surface area (Å²) in [6, 6.07) is 3.72. The number of ketones is 1. The fraction of sp³-hybridized carbons (Fsp3) is 0.417. The standard InChI is InChI=1S/C12H10Br4O2/c1-18-8-3-2-6(13)9-7(14)4-5-12(15,16)11(17)10(8)9/h2-3,7H,4-5H2,1H3/t7-/m0/s1. The fourth-order valence-corrected chi connectivity index (χ4v) is 4.51. The maximum atomic E-state index is 12.6. The van der Waals surface area contributed by atoms with Crippen molar-refractivity contribution in [1.82, 2.24) is 0 Å². The second-order valence-corrected chi connectivity index (χ2v) is 9.81. The fourth-order valence-electron chi connectivity index (χ4n) is 2.03. The van der Waals surface area contributed by atoms with Gasteiger partial charge in [0, 0.05) is 9.30 Å². The molecule has 0 amide bonds. The van der Waals surface area contributed by atoms with Gasteiger partial charge in [0.05, 0.1) is 12.7 Å². The van der Waals surface area contributed by atoms with E-state index in [2.05, 4.69) is 63.7 Å². The molecule has 0 bridgehead atoms. The molecule has 1 aliphatic carbocycles. The molecule has 0 heterocycles. The lowest BCUT2D eigenvalue weighted by Crippen LogP contribution is -2.24. The number of benzene rings is 1. The summed E-state index contributed by atoms with van der Waals surface area (Å²) in [6.07, 6.45) is 1.55. The number of carbonyl (C=O) groups is 1. The van der Waals surface area contributed by atoms with Gasteiger partial charge in [-0.2, -0.15) is 0 Å². The van der Waals surface area contributed by atoms with Gasteiger partial charge in [0.15, 0.2) is 5.78 Å². The van der Waals surface area contributed by atoms with Crippen LogP contribution in [0.3, 0.4) is 0 Å². The zero-order valence-corrected chi connectivity index (χ0v) is 15.8. The summed E-state index contributed by atoms with van der Waals surface area (Å²) >= 11 is 14.1. The Morgan fingerprint density at radius 2 is 2.06 bits per heavy atom. The molecule has 0 spiro atoms. The Kier molecular flexibility index (Phi) is 4.62. The van der Waals surface area contributed by atoms with Crippen molar-refractivity contribution in [3.05, 3.63) is 27.7 Å². The lowest BCUT2D eigenvalue weighted by molar-refractivity contribution is 0.0979. The van der Waals surface area contributed by atoms with Crippen LogP contribution in [0.1, 0.15) is 33.6 Å². The number of halogens is 4. The van der Waals surface area contributed by atoms with Gasteiger partial charge in [0.25, 0.3) is 0 Å². The molecule has 1 atom stereocenters. The molecule has 0 N–H and O–H groups in total. The normalized spacial score (nSPS) is 22.3. The van der Waals surface area contributed by atoms with Crippen LogP contribution in [0.2, 0.25) is 0 Å². The SMILES string of the molecule is COc1ccc(Br)c2c1C(=O)C(Br)(Br)CC[C@@H]2Br. The van der Waals surface area contributed by atoms with Gasteiger partial charge in [-0.25, -0.2) is 0 Å². The zero-order valence-electron chi connectivity index (χ0n) is 9.47. The van der Waals surface area contributed by atoms with E-state index >= 15 is 0 Å². The van der Waals surface area contributed by atoms with Crippen LogP contribution in [0.5, 0.6) is 5.75 Å². The highest BCUT2D eigenvalue weighted by Gasteiger charge is 2.41. The Morgan fingerprint density at radius 3 is 2.67 bits per heavy atom. The second-order valence-electron chi connectivity index (χ2n) is 4.08. The zero-order chi connectivity index (χ0) is 13.5. The van der Waals surface area contributed by atoms with Gasteiger partial charge < -0.3 is 4.74 Å². The lowest BCUT2D eigenvalue weighted by atomic mass is 10.0. The Labute approximate surface area is 139 Å². The molecule has 18 heavy (non-hydrogen) atoms. The van der Waals surface area contributed by atoms with E-state index in [0.29, 0.717) is 17.7 Å². The number of methoxy groups -OCH3 is 1. The van der Waals surface area contributed by atoms with Gasteiger partial charge in [-0.3, -0.25) is 4.79 Å². The molecule has 0 aromatic heterocycles. The van der Waals surface area contributed by atoms with Crippen molar-refractivity contribution in [3.8, 4) is 5.75 Å². The third kappa shape index (κ3) is 2.58. The number of hydrogen-bond donors (Lipinski definition) is 0. The van der Waals surface area contributed by atoms with Gasteiger partial charge in [-0.1, -0.05) is 63.7 Å². The monoisotopic (exact) mass is 502 g/mol. The molecule has 6 heteroatoms. The van der Waals surface area contributed by atoms with Crippen molar-refractivity contribution in [1.29, 1.82) is 0 Å². The molecule has 2 rings (SSSR count). The summed E-state index contributed by atoms with van der Waals surface area (Å²) in [4.78, 5) is 12.7. The highest BCUT2D eigenvalue weighted by molar-refractivity contribution is 9.26. The van der Waals surface area contributed by atoms with Crippen LogP contribution in [0, 0.1) is 0 Å². The average molecular weight is 506 g/mol. The van der Waals surface area contributed by atoms with Gasteiger partial charge in [0.2, 0.25) is 0 Å². The maximum absolute atomic E-state index is 12.6. The topological polar surface area (TPSA) is 26.3 Å². The van der Waals surface area contributed by atoms with Gasteiger partial charge >= 0.3 is 0 Å². The van der Waals surface area contributed by atoms with Gasteiger partial charge in [0.1, 0.15) is 8.98 Å². The van der Waals surface area contributed by atoms with E-state index in [1.165, 1.54) is 0 Å². The maximum Gasteiger partial charge on any atom is 0.194 e. The Balaban J connectivity index is 2.73. The van der Waals surface area contributed by atoms with Crippen molar-refractivity contribution in [2.24, 2.45) is 0 Å². The highest BCUT2D eigenvalue weighted by Crippen LogP contribution is 2.49. The number of Topliss-reactive ketones (excluding diaryl/α,β-unsaturated/α-hetero) is 1. The largest absolute Gasteiger partial charge is 0.496 e. The van der Waals surface area contributed by atoms with Gasteiger partial charge in [-0.15, -0.1) is 0 Å². The van der Waals surface area contributed by atoms with E-state index in [4.69, 9.17) is 4.74 Å². The first-order valence-corrected chi connectivity index (χ1v) is 8.61. The number of rotatable bonds is 1.